The standard InChI is InChI=1S/C13H19N3/c1-16(10-6-2-5-9-14)11-12-7-3-4-8-13(12)15/h3-4,7-8H,2,5-6,10-11,15H2,1H3. The van der Waals surface area contributed by atoms with E-state index in [-0.39, 0.29) is 0 Å². The second-order valence-corrected chi connectivity index (χ2v) is 4.05. The molecule has 0 atom stereocenters. The number of nitrogens with zero attached hydrogens (tertiary/aromatic N) is 2. The quantitative estimate of drug-likeness (QED) is 0.588. The van der Waals surface area contributed by atoms with E-state index in [1.54, 1.807) is 0 Å². The van der Waals surface area contributed by atoms with Crippen LogP contribution < -0.4 is 5.73 Å². The SMILES string of the molecule is CN(CCCCC#N)Cc1ccccc1N. The van der Waals surface area contributed by atoms with Gasteiger partial charge < -0.3 is 10.6 Å². The summed E-state index contributed by atoms with van der Waals surface area (Å²) in [7, 11) is 2.08. The molecule has 3 heteroatoms. The number of hydrogen-bond donors (Lipinski definition) is 1. The van der Waals surface area contributed by atoms with Crippen molar-refractivity contribution < 1.29 is 0 Å². The molecule has 0 bridgehead atoms. The van der Waals surface area contributed by atoms with Gasteiger partial charge in [0.1, 0.15) is 0 Å². The lowest BCUT2D eigenvalue weighted by molar-refractivity contribution is 0.320. The van der Waals surface area contributed by atoms with Gasteiger partial charge in [-0.3, -0.25) is 0 Å². The van der Waals surface area contributed by atoms with Crippen LogP contribution in [0.25, 0.3) is 0 Å². The highest BCUT2D eigenvalue weighted by Gasteiger charge is 2.02. The Labute approximate surface area is 97.5 Å². The maximum absolute atomic E-state index is 8.42. The molecule has 0 unspecified atom stereocenters. The highest BCUT2D eigenvalue weighted by molar-refractivity contribution is 5.46. The molecule has 0 spiro atoms. The first-order chi connectivity index (χ1) is 7.74. The van der Waals surface area contributed by atoms with Crippen LogP contribution in [0.15, 0.2) is 24.3 Å². The third kappa shape index (κ3) is 4.33. The van der Waals surface area contributed by atoms with Crippen molar-refractivity contribution in [3.63, 3.8) is 0 Å². The molecule has 0 aliphatic carbocycles. The van der Waals surface area contributed by atoms with E-state index >= 15 is 0 Å². The van der Waals surface area contributed by atoms with Crippen LogP contribution in [-0.4, -0.2) is 18.5 Å². The molecule has 86 valence electrons. The Morgan fingerprint density at radius 2 is 2.06 bits per heavy atom. The van der Waals surface area contributed by atoms with E-state index in [0.29, 0.717) is 6.42 Å². The molecule has 0 fully saturated rings. The van der Waals surface area contributed by atoms with Crippen molar-refractivity contribution >= 4 is 5.69 Å². The number of anilines is 1. The molecule has 2 N–H and O–H groups in total. The van der Waals surface area contributed by atoms with Gasteiger partial charge in [-0.25, -0.2) is 0 Å². The van der Waals surface area contributed by atoms with Crippen LogP contribution in [0.2, 0.25) is 0 Å². The van der Waals surface area contributed by atoms with Gasteiger partial charge in [0, 0.05) is 18.7 Å². The Morgan fingerprint density at radius 3 is 2.75 bits per heavy atom. The van der Waals surface area contributed by atoms with E-state index in [0.717, 1.165) is 31.6 Å². The van der Waals surface area contributed by atoms with E-state index in [1.807, 2.05) is 18.2 Å². The largest absolute Gasteiger partial charge is 0.398 e. The van der Waals surface area contributed by atoms with Gasteiger partial charge >= 0.3 is 0 Å². The minimum atomic E-state index is 0.654. The molecule has 16 heavy (non-hydrogen) atoms. The Kier molecular flexibility index (Phi) is 5.38. The number of benzene rings is 1. The average Bonchev–Trinajstić information content (AvgIpc) is 2.28. The van der Waals surface area contributed by atoms with Crippen molar-refractivity contribution in [3.05, 3.63) is 29.8 Å². The van der Waals surface area contributed by atoms with Crippen LogP contribution in [-0.2, 0) is 6.54 Å². The minimum Gasteiger partial charge on any atom is -0.398 e. The minimum absolute atomic E-state index is 0.654. The molecule has 1 aromatic carbocycles. The monoisotopic (exact) mass is 217 g/mol. The molecular weight excluding hydrogens is 198 g/mol. The van der Waals surface area contributed by atoms with Crippen molar-refractivity contribution in [2.24, 2.45) is 0 Å². The zero-order valence-electron chi connectivity index (χ0n) is 9.82. The fourth-order valence-corrected chi connectivity index (χ4v) is 1.63. The first-order valence-corrected chi connectivity index (χ1v) is 5.63. The Hall–Kier alpha value is -1.53. The molecule has 1 rings (SSSR count). The smallest absolute Gasteiger partial charge is 0.0621 e. The molecule has 0 aliphatic rings. The topological polar surface area (TPSA) is 53.0 Å². The normalized spacial score (nSPS) is 10.3. The number of nitriles is 1. The van der Waals surface area contributed by atoms with E-state index in [2.05, 4.69) is 24.1 Å². The summed E-state index contributed by atoms with van der Waals surface area (Å²) < 4.78 is 0. The van der Waals surface area contributed by atoms with Crippen molar-refractivity contribution in [3.8, 4) is 6.07 Å². The lowest BCUT2D eigenvalue weighted by atomic mass is 10.1. The summed E-state index contributed by atoms with van der Waals surface area (Å²) >= 11 is 0. The van der Waals surface area contributed by atoms with Crippen molar-refractivity contribution in [2.45, 2.75) is 25.8 Å². The maximum Gasteiger partial charge on any atom is 0.0621 e. The molecule has 0 saturated carbocycles. The van der Waals surface area contributed by atoms with E-state index in [1.165, 1.54) is 5.56 Å². The summed E-state index contributed by atoms with van der Waals surface area (Å²) in [6, 6.07) is 10.1. The predicted octanol–water partition coefficient (Wildman–Crippen LogP) is 2.39. The van der Waals surface area contributed by atoms with Gasteiger partial charge in [-0.1, -0.05) is 18.2 Å². The summed E-state index contributed by atoms with van der Waals surface area (Å²) in [5, 5.41) is 8.42. The van der Waals surface area contributed by atoms with Crippen molar-refractivity contribution in [1.29, 1.82) is 5.26 Å². The first kappa shape index (κ1) is 12.5. The maximum atomic E-state index is 8.42. The molecule has 0 aliphatic heterocycles. The van der Waals surface area contributed by atoms with Gasteiger partial charge in [-0.05, 0) is 38.1 Å². The number of nitrogens with two attached hydrogens (primary N) is 1. The van der Waals surface area contributed by atoms with Crippen LogP contribution in [0, 0.1) is 11.3 Å². The average molecular weight is 217 g/mol. The third-order valence-corrected chi connectivity index (χ3v) is 2.57. The second kappa shape index (κ2) is 6.86. The second-order valence-electron chi connectivity index (χ2n) is 4.05. The molecule has 0 amide bonds. The van der Waals surface area contributed by atoms with Gasteiger partial charge in [0.2, 0.25) is 0 Å². The van der Waals surface area contributed by atoms with Crippen LogP contribution in [0.5, 0.6) is 0 Å². The molecule has 0 saturated heterocycles. The molecule has 0 radical (unpaired) electrons. The highest BCUT2D eigenvalue weighted by Crippen LogP contribution is 2.12. The number of nitrogen functional groups attached to an aromatic ring is 1. The summed E-state index contributed by atoms with van der Waals surface area (Å²) in [6.45, 7) is 1.88. The first-order valence-electron chi connectivity index (χ1n) is 5.63. The van der Waals surface area contributed by atoms with Crippen LogP contribution in [0.3, 0.4) is 0 Å². The highest BCUT2D eigenvalue weighted by atomic mass is 15.1. The van der Waals surface area contributed by atoms with Gasteiger partial charge in [0.05, 0.1) is 6.07 Å². The number of unbranched alkanes of at least 4 members (excludes halogenated alkanes) is 2. The summed E-state index contributed by atoms with van der Waals surface area (Å²) in [5.41, 5.74) is 7.90. The summed E-state index contributed by atoms with van der Waals surface area (Å²) in [5.74, 6) is 0. The van der Waals surface area contributed by atoms with Crippen LogP contribution in [0.1, 0.15) is 24.8 Å². The zero-order chi connectivity index (χ0) is 11.8. The van der Waals surface area contributed by atoms with Gasteiger partial charge in [0.15, 0.2) is 0 Å². The third-order valence-electron chi connectivity index (χ3n) is 2.57. The number of hydrogen-bond acceptors (Lipinski definition) is 3. The summed E-state index contributed by atoms with van der Waals surface area (Å²) in [6.07, 6.45) is 2.70. The molecule has 0 aromatic heterocycles. The summed E-state index contributed by atoms with van der Waals surface area (Å²) in [4.78, 5) is 2.24. The number of para-hydroxylation sites is 1. The predicted molar refractivity (Wildman–Crippen MR) is 66.7 cm³/mol. The molecule has 3 nitrogen and oxygen atoms in total. The van der Waals surface area contributed by atoms with Crippen molar-refractivity contribution in [1.82, 2.24) is 4.90 Å². The fourth-order valence-electron chi connectivity index (χ4n) is 1.63. The number of rotatable bonds is 6. The molecule has 0 heterocycles. The Morgan fingerprint density at radius 1 is 1.31 bits per heavy atom. The lowest BCUT2D eigenvalue weighted by Gasteiger charge is -2.17. The van der Waals surface area contributed by atoms with Crippen LogP contribution >= 0.6 is 0 Å². The van der Waals surface area contributed by atoms with Gasteiger partial charge in [-0.2, -0.15) is 5.26 Å². The lowest BCUT2D eigenvalue weighted by Crippen LogP contribution is -2.19. The van der Waals surface area contributed by atoms with E-state index in [4.69, 9.17) is 11.0 Å². The fraction of sp³-hybridized carbons (Fsp3) is 0.462. The van der Waals surface area contributed by atoms with Crippen LogP contribution in [0.4, 0.5) is 5.69 Å². The Bertz CT molecular complexity index is 354. The van der Waals surface area contributed by atoms with E-state index < -0.39 is 0 Å². The van der Waals surface area contributed by atoms with Gasteiger partial charge in [-0.15, -0.1) is 0 Å². The Balaban J connectivity index is 2.32. The van der Waals surface area contributed by atoms with Crippen molar-refractivity contribution in [2.75, 3.05) is 19.3 Å². The molecular formula is C13H19N3. The molecule has 1 aromatic rings. The van der Waals surface area contributed by atoms with Gasteiger partial charge in [0.25, 0.3) is 0 Å². The zero-order valence-corrected chi connectivity index (χ0v) is 9.82. The van der Waals surface area contributed by atoms with E-state index in [9.17, 15) is 0 Å².